The maximum absolute atomic E-state index is 13.1. The van der Waals surface area contributed by atoms with Crippen LogP contribution in [0, 0.1) is 20.8 Å². The van der Waals surface area contributed by atoms with E-state index in [1.165, 1.54) is 16.8 Å². The minimum atomic E-state index is -4.45. The van der Waals surface area contributed by atoms with Gasteiger partial charge in [-0.05, 0) is 62.2 Å². The van der Waals surface area contributed by atoms with Crippen LogP contribution in [0.1, 0.15) is 38.5 Å². The van der Waals surface area contributed by atoms with Crippen molar-refractivity contribution in [3.8, 4) is 17.1 Å². The van der Waals surface area contributed by atoms with Gasteiger partial charge in [0.15, 0.2) is 5.76 Å². The van der Waals surface area contributed by atoms with Gasteiger partial charge >= 0.3 is 6.18 Å². The van der Waals surface area contributed by atoms with E-state index >= 15 is 0 Å². The minimum absolute atomic E-state index is 0.0595. The molecule has 8 heteroatoms. The molecule has 0 saturated heterocycles. The van der Waals surface area contributed by atoms with E-state index in [1.54, 1.807) is 18.2 Å². The number of benzene rings is 2. The molecule has 170 valence electrons. The second-order valence-electron chi connectivity index (χ2n) is 7.91. The van der Waals surface area contributed by atoms with Gasteiger partial charge in [0.05, 0.1) is 11.3 Å². The Bertz CT molecular complexity index is 1320. The lowest BCUT2D eigenvalue weighted by atomic mass is 10.1. The van der Waals surface area contributed by atoms with Crippen LogP contribution in [-0.2, 0) is 12.7 Å². The van der Waals surface area contributed by atoms with Crippen LogP contribution in [0.15, 0.2) is 65.1 Å². The summed E-state index contributed by atoms with van der Waals surface area (Å²) in [6.07, 6.45) is -4.45. The number of rotatable bonds is 5. The van der Waals surface area contributed by atoms with Gasteiger partial charge in [-0.2, -0.15) is 18.3 Å². The molecule has 0 spiro atoms. The first-order valence-corrected chi connectivity index (χ1v) is 10.3. The van der Waals surface area contributed by atoms with Gasteiger partial charge in [0, 0.05) is 12.6 Å². The van der Waals surface area contributed by atoms with E-state index in [4.69, 9.17) is 4.42 Å². The number of alkyl halides is 3. The second kappa shape index (κ2) is 8.61. The van der Waals surface area contributed by atoms with Crippen molar-refractivity contribution in [2.24, 2.45) is 0 Å². The van der Waals surface area contributed by atoms with E-state index in [0.29, 0.717) is 22.8 Å². The smallest absolute Gasteiger partial charge is 0.416 e. The van der Waals surface area contributed by atoms with Gasteiger partial charge in [-0.1, -0.05) is 29.8 Å². The van der Waals surface area contributed by atoms with Crippen molar-refractivity contribution in [2.75, 3.05) is 0 Å². The molecule has 0 atom stereocenters. The number of amides is 1. The Kier molecular flexibility index (Phi) is 5.84. The zero-order valence-electron chi connectivity index (χ0n) is 18.3. The lowest BCUT2D eigenvalue weighted by molar-refractivity contribution is -0.137. The van der Waals surface area contributed by atoms with E-state index in [1.807, 2.05) is 39.0 Å². The van der Waals surface area contributed by atoms with Crippen LogP contribution in [0.25, 0.3) is 17.1 Å². The summed E-state index contributed by atoms with van der Waals surface area (Å²) in [6, 6.07) is 15.8. The Morgan fingerprint density at radius 3 is 2.48 bits per heavy atom. The molecule has 33 heavy (non-hydrogen) atoms. The van der Waals surface area contributed by atoms with Crippen molar-refractivity contribution in [1.29, 1.82) is 0 Å². The van der Waals surface area contributed by atoms with Crippen LogP contribution < -0.4 is 5.32 Å². The lowest BCUT2D eigenvalue weighted by Gasteiger charge is -2.12. The number of hydrogen-bond acceptors (Lipinski definition) is 3. The summed E-state index contributed by atoms with van der Waals surface area (Å²) in [7, 11) is 0. The van der Waals surface area contributed by atoms with Crippen molar-refractivity contribution < 1.29 is 22.4 Å². The molecule has 5 nitrogen and oxygen atoms in total. The van der Waals surface area contributed by atoms with E-state index in [9.17, 15) is 18.0 Å². The molecular formula is C25H22F3N3O2. The van der Waals surface area contributed by atoms with Crippen molar-refractivity contribution in [3.63, 3.8) is 0 Å². The molecule has 0 aliphatic heterocycles. The van der Waals surface area contributed by atoms with Crippen LogP contribution in [-0.4, -0.2) is 15.7 Å². The van der Waals surface area contributed by atoms with Gasteiger partial charge in [0.2, 0.25) is 0 Å². The van der Waals surface area contributed by atoms with Crippen LogP contribution in [0.2, 0.25) is 0 Å². The zero-order valence-corrected chi connectivity index (χ0v) is 18.3. The number of hydrogen-bond donors (Lipinski definition) is 1. The van der Waals surface area contributed by atoms with Gasteiger partial charge in [-0.25, -0.2) is 4.68 Å². The summed E-state index contributed by atoms with van der Waals surface area (Å²) in [5, 5.41) is 7.30. The molecule has 0 saturated carbocycles. The van der Waals surface area contributed by atoms with Gasteiger partial charge < -0.3 is 9.73 Å². The molecule has 0 radical (unpaired) electrons. The number of furan rings is 1. The average Bonchev–Trinajstić information content (AvgIpc) is 3.38. The van der Waals surface area contributed by atoms with Crippen molar-refractivity contribution in [1.82, 2.24) is 15.1 Å². The predicted octanol–water partition coefficient (Wildman–Crippen LogP) is 6.01. The van der Waals surface area contributed by atoms with Crippen molar-refractivity contribution >= 4 is 5.91 Å². The van der Waals surface area contributed by atoms with Crippen LogP contribution in [0.3, 0.4) is 0 Å². The number of aromatic nitrogens is 2. The highest BCUT2D eigenvalue weighted by molar-refractivity contribution is 5.94. The molecule has 0 bridgehead atoms. The first-order valence-electron chi connectivity index (χ1n) is 10.3. The molecular weight excluding hydrogens is 431 g/mol. The quantitative estimate of drug-likeness (QED) is 0.403. The second-order valence-corrected chi connectivity index (χ2v) is 7.91. The molecule has 0 fully saturated rings. The standard InChI is InChI=1S/C25H22F3N3O2/c1-15-7-9-21(16(2)11-15)31-22(13-20(30-31)23-10-8-17(3)33-23)24(32)29-14-18-5-4-6-19(12-18)25(26,27)28/h4-13H,14H2,1-3H3,(H,29,32). The molecule has 1 N–H and O–H groups in total. The number of carbonyl (C=O) groups is 1. The molecule has 2 heterocycles. The first-order chi connectivity index (χ1) is 15.6. The highest BCUT2D eigenvalue weighted by Crippen LogP contribution is 2.30. The Morgan fingerprint density at radius 1 is 1.03 bits per heavy atom. The van der Waals surface area contributed by atoms with Gasteiger partial charge in [-0.15, -0.1) is 0 Å². The number of nitrogens with zero attached hydrogens (tertiary/aromatic N) is 2. The third-order valence-electron chi connectivity index (χ3n) is 5.22. The normalized spacial score (nSPS) is 11.6. The van der Waals surface area contributed by atoms with E-state index in [-0.39, 0.29) is 12.2 Å². The number of aryl methyl sites for hydroxylation is 3. The number of halogens is 3. The topological polar surface area (TPSA) is 60.1 Å². The highest BCUT2D eigenvalue weighted by atomic mass is 19.4. The third kappa shape index (κ3) is 4.84. The van der Waals surface area contributed by atoms with Crippen molar-refractivity contribution in [2.45, 2.75) is 33.5 Å². The zero-order chi connectivity index (χ0) is 23.8. The molecule has 0 aliphatic carbocycles. The van der Waals surface area contributed by atoms with Gasteiger partial charge in [0.25, 0.3) is 5.91 Å². The summed E-state index contributed by atoms with van der Waals surface area (Å²) in [5.74, 6) is 0.763. The Labute approximate surface area is 188 Å². The fraction of sp³-hybridized carbons (Fsp3) is 0.200. The van der Waals surface area contributed by atoms with E-state index in [2.05, 4.69) is 10.4 Å². The monoisotopic (exact) mass is 453 g/mol. The molecule has 4 aromatic rings. The summed E-state index contributed by atoms with van der Waals surface area (Å²) in [5.41, 5.74) is 3.03. The van der Waals surface area contributed by atoms with Crippen LogP contribution in [0.4, 0.5) is 13.2 Å². The lowest BCUT2D eigenvalue weighted by Crippen LogP contribution is -2.25. The summed E-state index contributed by atoms with van der Waals surface area (Å²) < 4.78 is 46.2. The highest BCUT2D eigenvalue weighted by Gasteiger charge is 2.30. The maximum atomic E-state index is 13.1. The van der Waals surface area contributed by atoms with Crippen LogP contribution in [0.5, 0.6) is 0 Å². The van der Waals surface area contributed by atoms with E-state index < -0.39 is 17.6 Å². The number of nitrogens with one attached hydrogen (secondary N) is 1. The van der Waals surface area contributed by atoms with Gasteiger partial charge in [0.1, 0.15) is 17.1 Å². The molecule has 2 aromatic carbocycles. The Balaban J connectivity index is 1.67. The van der Waals surface area contributed by atoms with E-state index in [0.717, 1.165) is 28.9 Å². The summed E-state index contributed by atoms with van der Waals surface area (Å²) >= 11 is 0. The summed E-state index contributed by atoms with van der Waals surface area (Å²) in [4.78, 5) is 13.1. The Hall–Kier alpha value is -3.81. The SMILES string of the molecule is Cc1ccc(-n2nc(-c3ccc(C)o3)cc2C(=O)NCc2cccc(C(F)(F)F)c2)c(C)c1. The third-order valence-corrected chi connectivity index (χ3v) is 5.22. The molecule has 1 amide bonds. The van der Waals surface area contributed by atoms with Gasteiger partial charge in [-0.3, -0.25) is 4.79 Å². The average molecular weight is 453 g/mol. The fourth-order valence-corrected chi connectivity index (χ4v) is 3.59. The largest absolute Gasteiger partial charge is 0.460 e. The molecule has 0 aliphatic rings. The predicted molar refractivity (Wildman–Crippen MR) is 118 cm³/mol. The molecule has 0 unspecified atom stereocenters. The molecule has 4 rings (SSSR count). The molecule has 2 aromatic heterocycles. The van der Waals surface area contributed by atoms with Crippen molar-refractivity contribution in [3.05, 3.63) is 94.4 Å². The Morgan fingerprint density at radius 2 is 1.82 bits per heavy atom. The fourth-order valence-electron chi connectivity index (χ4n) is 3.59. The number of carbonyl (C=O) groups excluding carboxylic acids is 1. The first kappa shape index (κ1) is 22.4. The minimum Gasteiger partial charge on any atom is -0.460 e. The van der Waals surface area contributed by atoms with Crippen LogP contribution >= 0.6 is 0 Å². The summed E-state index contributed by atoms with van der Waals surface area (Å²) in [6.45, 7) is 5.65. The maximum Gasteiger partial charge on any atom is 0.416 e.